The lowest BCUT2D eigenvalue weighted by Crippen LogP contribution is -2.39. The van der Waals surface area contributed by atoms with Gasteiger partial charge in [-0.05, 0) is 64.1 Å². The summed E-state index contributed by atoms with van der Waals surface area (Å²) in [6.07, 6.45) is 5.36. The van der Waals surface area contributed by atoms with Crippen LogP contribution >= 0.6 is 11.3 Å². The van der Waals surface area contributed by atoms with Crippen molar-refractivity contribution in [3.8, 4) is 0 Å². The molecule has 1 aromatic carbocycles. The number of aromatic amines is 1. The number of thiazole rings is 1. The topological polar surface area (TPSA) is 111 Å². The third kappa shape index (κ3) is 6.66. The predicted octanol–water partition coefficient (Wildman–Crippen LogP) is 4.15. The molecule has 4 heterocycles. The first-order valence-corrected chi connectivity index (χ1v) is 13.0. The van der Waals surface area contributed by atoms with Crippen molar-refractivity contribution in [2.24, 2.45) is 0 Å². The summed E-state index contributed by atoms with van der Waals surface area (Å²) in [6, 6.07) is 8.15. The van der Waals surface area contributed by atoms with Crippen LogP contribution in [0.2, 0.25) is 0 Å². The van der Waals surface area contributed by atoms with E-state index in [0.29, 0.717) is 6.54 Å². The zero-order valence-electron chi connectivity index (χ0n) is 21.3. The summed E-state index contributed by atoms with van der Waals surface area (Å²) >= 11 is 1.61. The normalized spacial score (nSPS) is 13.9. The molecule has 4 aromatic rings. The summed E-state index contributed by atoms with van der Waals surface area (Å²) in [7, 11) is 1.96. The minimum atomic E-state index is 0.261. The van der Waals surface area contributed by atoms with Gasteiger partial charge in [-0.2, -0.15) is 0 Å². The fourth-order valence-corrected chi connectivity index (χ4v) is 4.59. The molecular formula is C26H34N8OS. The number of nitrogens with one attached hydrogen (secondary N) is 4. The fourth-order valence-electron chi connectivity index (χ4n) is 3.87. The summed E-state index contributed by atoms with van der Waals surface area (Å²) < 4.78 is 1.13. The van der Waals surface area contributed by atoms with Gasteiger partial charge in [0.15, 0.2) is 0 Å². The van der Waals surface area contributed by atoms with Gasteiger partial charge in [0.1, 0.15) is 17.8 Å². The third-order valence-corrected chi connectivity index (χ3v) is 6.58. The van der Waals surface area contributed by atoms with Gasteiger partial charge in [0.2, 0.25) is 6.41 Å². The molecule has 0 aliphatic carbocycles. The number of carbonyl (C=O) groups excluding carboxylic acids is 1. The number of H-pyrrole nitrogens is 1. The van der Waals surface area contributed by atoms with E-state index >= 15 is 0 Å². The summed E-state index contributed by atoms with van der Waals surface area (Å²) in [4.78, 5) is 29.1. The van der Waals surface area contributed by atoms with Gasteiger partial charge in [0.05, 0.1) is 21.1 Å². The summed E-state index contributed by atoms with van der Waals surface area (Å²) in [5.41, 5.74) is 7.08. The van der Waals surface area contributed by atoms with E-state index in [4.69, 9.17) is 0 Å². The third-order valence-electron chi connectivity index (χ3n) is 5.79. The predicted molar refractivity (Wildman–Crippen MR) is 149 cm³/mol. The molecule has 9 nitrogen and oxygen atoms in total. The number of hydrogen-bond acceptors (Lipinski definition) is 8. The first-order chi connectivity index (χ1) is 17.4. The van der Waals surface area contributed by atoms with Crippen LogP contribution in [0, 0.1) is 0 Å². The van der Waals surface area contributed by atoms with Crippen molar-refractivity contribution in [3.05, 3.63) is 47.9 Å². The van der Waals surface area contributed by atoms with E-state index in [9.17, 15) is 4.79 Å². The highest BCUT2D eigenvalue weighted by Crippen LogP contribution is 2.30. The van der Waals surface area contributed by atoms with Crippen LogP contribution in [0.25, 0.3) is 26.8 Å². The van der Waals surface area contributed by atoms with Crippen molar-refractivity contribution in [2.75, 3.05) is 38.5 Å². The number of benzene rings is 1. The highest BCUT2D eigenvalue weighted by molar-refractivity contribution is 7.16. The Morgan fingerprint density at radius 1 is 1.17 bits per heavy atom. The second-order valence-electron chi connectivity index (χ2n) is 9.69. The van der Waals surface area contributed by atoms with Crippen LogP contribution in [0.15, 0.2) is 42.2 Å². The molecule has 0 fully saturated rings. The highest BCUT2D eigenvalue weighted by atomic mass is 32.1. The maximum atomic E-state index is 10.9. The smallest absolute Gasteiger partial charge is 0.209 e. The first-order valence-electron chi connectivity index (χ1n) is 12.1. The number of hydrogen-bond donors (Lipinski definition) is 4. The molecule has 0 saturated carbocycles. The van der Waals surface area contributed by atoms with E-state index in [2.05, 4.69) is 74.9 Å². The quantitative estimate of drug-likeness (QED) is 0.220. The molecule has 0 spiro atoms. The Hall–Kier alpha value is -3.34. The zero-order chi connectivity index (χ0) is 25.5. The largest absolute Gasteiger partial charge is 0.341 e. The van der Waals surface area contributed by atoms with Crippen LogP contribution in [0.5, 0.6) is 0 Å². The molecule has 1 aliphatic rings. The van der Waals surface area contributed by atoms with Crippen molar-refractivity contribution in [3.63, 3.8) is 0 Å². The lowest BCUT2D eigenvalue weighted by atomic mass is 10.1. The molecular weight excluding hydrogens is 472 g/mol. The molecule has 190 valence electrons. The number of fused-ring (bicyclic) bond motifs is 2. The molecule has 0 unspecified atom stereocenters. The van der Waals surface area contributed by atoms with E-state index in [1.54, 1.807) is 22.6 Å². The number of nitrogens with zero attached hydrogens (tertiary/aromatic N) is 4. The minimum absolute atomic E-state index is 0.261. The van der Waals surface area contributed by atoms with Crippen molar-refractivity contribution in [2.45, 2.75) is 32.7 Å². The molecule has 0 radical (unpaired) electrons. The second-order valence-corrected chi connectivity index (χ2v) is 10.6. The Morgan fingerprint density at radius 2 is 2.03 bits per heavy atom. The molecule has 0 bridgehead atoms. The van der Waals surface area contributed by atoms with Crippen molar-refractivity contribution < 1.29 is 4.79 Å². The molecule has 0 atom stereocenters. The number of likely N-dealkylation sites (N-methyl/N-ethyl adjacent to an activating group) is 1. The average Bonchev–Trinajstić information content (AvgIpc) is 3.51. The number of rotatable bonds is 7. The highest BCUT2D eigenvalue weighted by Gasteiger charge is 2.15. The molecule has 10 heteroatoms. The maximum absolute atomic E-state index is 10.9. The number of carbonyl (C=O) groups is 1. The molecule has 1 amide bonds. The second kappa shape index (κ2) is 11.6. The van der Waals surface area contributed by atoms with E-state index in [-0.39, 0.29) is 5.54 Å². The van der Waals surface area contributed by atoms with Gasteiger partial charge >= 0.3 is 0 Å². The lowest BCUT2D eigenvalue weighted by Gasteiger charge is -2.21. The van der Waals surface area contributed by atoms with Gasteiger partial charge in [-0.15, -0.1) is 11.3 Å². The van der Waals surface area contributed by atoms with Crippen molar-refractivity contribution >= 4 is 56.1 Å². The van der Waals surface area contributed by atoms with Crippen LogP contribution in [0.1, 0.15) is 32.9 Å². The number of aromatic nitrogens is 4. The minimum Gasteiger partial charge on any atom is -0.341 e. The van der Waals surface area contributed by atoms with E-state index in [1.807, 2.05) is 24.7 Å². The van der Waals surface area contributed by atoms with Gasteiger partial charge in [-0.3, -0.25) is 4.79 Å². The van der Waals surface area contributed by atoms with Gasteiger partial charge in [0.25, 0.3) is 0 Å². The monoisotopic (exact) mass is 506 g/mol. The Kier molecular flexibility index (Phi) is 8.29. The average molecular weight is 507 g/mol. The Balaban J connectivity index is 0.000000292. The van der Waals surface area contributed by atoms with E-state index < -0.39 is 0 Å². The zero-order valence-corrected chi connectivity index (χ0v) is 22.1. The molecule has 4 N–H and O–H groups in total. The van der Waals surface area contributed by atoms with Gasteiger partial charge < -0.3 is 25.8 Å². The summed E-state index contributed by atoms with van der Waals surface area (Å²) in [6.45, 7) is 9.96. The summed E-state index contributed by atoms with van der Waals surface area (Å²) in [5, 5.41) is 10.8. The van der Waals surface area contributed by atoms with Crippen molar-refractivity contribution in [1.82, 2.24) is 35.5 Å². The van der Waals surface area contributed by atoms with E-state index in [1.165, 1.54) is 5.57 Å². The standard InChI is InChI=1S/C19H16N6OS.C7H18N2/c26-11-25-5-3-12(4-6-25)16-8-14-18(20-9-21-19(14)24-16)23-13-1-2-15-17(7-13)27-10-22-15;1-7(2,3)9-6-5-8-4/h1-3,7-11H,4-6H2,(H2,20,21,23,24);8-9H,5-6H2,1-4H3. The van der Waals surface area contributed by atoms with Crippen LogP contribution in [-0.4, -0.2) is 70.0 Å². The molecule has 5 rings (SSSR count). The van der Waals surface area contributed by atoms with Gasteiger partial charge in [0, 0.05) is 43.1 Å². The molecule has 36 heavy (non-hydrogen) atoms. The molecule has 1 aliphatic heterocycles. The number of anilines is 2. The van der Waals surface area contributed by atoms with Crippen LogP contribution < -0.4 is 16.0 Å². The lowest BCUT2D eigenvalue weighted by molar-refractivity contribution is -0.117. The van der Waals surface area contributed by atoms with Gasteiger partial charge in [-0.1, -0.05) is 6.08 Å². The summed E-state index contributed by atoms with van der Waals surface area (Å²) in [5.74, 6) is 0.761. The SMILES string of the molecule is CNCCNC(C)(C)C.O=CN1CC=C(c2cc3c(Nc4ccc5ncsc5c4)ncnc3[nH]2)CC1. The fraction of sp³-hybridized carbons (Fsp3) is 0.385. The van der Waals surface area contributed by atoms with Crippen LogP contribution in [0.3, 0.4) is 0 Å². The first kappa shape index (κ1) is 25.7. The maximum Gasteiger partial charge on any atom is 0.209 e. The number of amides is 1. The van der Waals surface area contributed by atoms with Gasteiger partial charge in [-0.25, -0.2) is 15.0 Å². The molecule has 3 aromatic heterocycles. The van der Waals surface area contributed by atoms with E-state index in [0.717, 1.165) is 70.9 Å². The molecule has 0 saturated heterocycles. The van der Waals surface area contributed by atoms with Crippen molar-refractivity contribution in [1.29, 1.82) is 0 Å². The Labute approximate surface area is 215 Å². The Bertz CT molecular complexity index is 1340. The van der Waals surface area contributed by atoms with Crippen LogP contribution in [-0.2, 0) is 4.79 Å². The van der Waals surface area contributed by atoms with Crippen LogP contribution in [0.4, 0.5) is 11.5 Å². The Morgan fingerprint density at radius 3 is 2.75 bits per heavy atom.